The number of rotatable bonds is 6. The van der Waals surface area contributed by atoms with E-state index in [-0.39, 0.29) is 37.8 Å². The van der Waals surface area contributed by atoms with E-state index >= 15 is 0 Å². The van der Waals surface area contributed by atoms with Crippen molar-refractivity contribution in [3.05, 3.63) is 47.7 Å². The lowest BCUT2D eigenvalue weighted by atomic mass is 9.64. The van der Waals surface area contributed by atoms with Gasteiger partial charge in [-0.1, -0.05) is 42.3 Å². The smallest absolute Gasteiger partial charge is 0.318 e. The van der Waals surface area contributed by atoms with Gasteiger partial charge >= 0.3 is 11.9 Å². The van der Waals surface area contributed by atoms with Crippen LogP contribution in [0.25, 0.3) is 0 Å². The normalized spacial score (nSPS) is 26.1. The van der Waals surface area contributed by atoms with Gasteiger partial charge in [-0.2, -0.15) is 0 Å². The lowest BCUT2D eigenvalue weighted by Crippen LogP contribution is -2.54. The second kappa shape index (κ2) is 8.52. The van der Waals surface area contributed by atoms with Gasteiger partial charge in [0.05, 0.1) is 25.5 Å². The number of likely N-dealkylation sites (tertiary alicyclic amines) is 1. The topological polar surface area (TPSA) is 83.9 Å². The standard InChI is InChI=1S/C23H25NO5/c1-3-12-24-19-13-17(16-8-6-5-7-9-16)10-11-23(19,22(28)29-4-2)15-18(21(24)27)14-20(25)26/h1,5-9,13,17-18H,4,10-12,14-15H2,2H3,(H,25,26)/t17?,18-,23-/m0/s1. The molecular formula is C23H25NO5. The molecule has 1 N–H and O–H groups in total. The Hall–Kier alpha value is -3.07. The molecule has 0 spiro atoms. The first kappa shape index (κ1) is 20.7. The van der Waals surface area contributed by atoms with Crippen molar-refractivity contribution < 1.29 is 24.2 Å². The lowest BCUT2D eigenvalue weighted by Gasteiger charge is -2.48. The van der Waals surface area contributed by atoms with Gasteiger partial charge in [0.15, 0.2) is 0 Å². The van der Waals surface area contributed by atoms with Gasteiger partial charge in [-0.15, -0.1) is 6.42 Å². The van der Waals surface area contributed by atoms with Gasteiger partial charge < -0.3 is 14.7 Å². The number of allylic oxidation sites excluding steroid dienone is 1. The maximum Gasteiger partial charge on any atom is 0.318 e. The minimum Gasteiger partial charge on any atom is -0.481 e. The summed E-state index contributed by atoms with van der Waals surface area (Å²) in [6.07, 6.45) is 8.42. The summed E-state index contributed by atoms with van der Waals surface area (Å²) in [5.41, 5.74) is 0.602. The highest BCUT2D eigenvalue weighted by molar-refractivity contribution is 5.91. The molecule has 6 nitrogen and oxygen atoms in total. The van der Waals surface area contributed by atoms with Gasteiger partial charge in [0, 0.05) is 11.6 Å². The highest BCUT2D eigenvalue weighted by Crippen LogP contribution is 2.52. The van der Waals surface area contributed by atoms with E-state index in [1.807, 2.05) is 36.4 Å². The maximum atomic E-state index is 13.1. The lowest BCUT2D eigenvalue weighted by molar-refractivity contribution is -0.163. The van der Waals surface area contributed by atoms with Crippen LogP contribution < -0.4 is 0 Å². The molecule has 2 aliphatic rings. The molecular weight excluding hydrogens is 370 g/mol. The molecule has 1 unspecified atom stereocenters. The number of esters is 1. The molecule has 3 rings (SSSR count). The third kappa shape index (κ3) is 3.91. The van der Waals surface area contributed by atoms with Crippen LogP contribution in [0.5, 0.6) is 0 Å². The van der Waals surface area contributed by atoms with Crippen LogP contribution in [0.1, 0.15) is 44.1 Å². The molecule has 1 aliphatic carbocycles. The van der Waals surface area contributed by atoms with Crippen LogP contribution in [0.3, 0.4) is 0 Å². The Bertz CT molecular complexity index is 869. The number of nitrogens with zero attached hydrogens (tertiary/aromatic N) is 1. The van der Waals surface area contributed by atoms with E-state index in [9.17, 15) is 19.5 Å². The summed E-state index contributed by atoms with van der Waals surface area (Å²) in [6, 6.07) is 9.88. The van der Waals surface area contributed by atoms with Crippen molar-refractivity contribution in [3.63, 3.8) is 0 Å². The number of carbonyl (C=O) groups is 3. The number of terminal acetylenes is 1. The second-order valence-electron chi connectivity index (χ2n) is 7.54. The van der Waals surface area contributed by atoms with Gasteiger partial charge in [0.25, 0.3) is 0 Å². The predicted molar refractivity (Wildman–Crippen MR) is 106 cm³/mol. The highest BCUT2D eigenvalue weighted by Gasteiger charge is 2.55. The minimum absolute atomic E-state index is 0.0105. The zero-order chi connectivity index (χ0) is 21.0. The van der Waals surface area contributed by atoms with Crippen molar-refractivity contribution in [3.8, 4) is 12.3 Å². The minimum atomic E-state index is -1.08. The Morgan fingerprint density at radius 1 is 1.34 bits per heavy atom. The first-order valence-electron chi connectivity index (χ1n) is 9.84. The Morgan fingerprint density at radius 2 is 2.07 bits per heavy atom. The van der Waals surface area contributed by atoms with Crippen molar-refractivity contribution in [2.75, 3.05) is 13.2 Å². The number of aliphatic carboxylic acids is 1. The van der Waals surface area contributed by atoms with Crippen LogP contribution in [0, 0.1) is 23.7 Å². The molecule has 29 heavy (non-hydrogen) atoms. The largest absolute Gasteiger partial charge is 0.481 e. The number of carboxylic acid groups (broad SMARTS) is 1. The van der Waals surface area contributed by atoms with Crippen molar-refractivity contribution in [2.45, 2.75) is 38.5 Å². The predicted octanol–water partition coefficient (Wildman–Crippen LogP) is 2.95. The number of carboxylic acids is 1. The molecule has 0 saturated carbocycles. The molecule has 1 aromatic carbocycles. The quantitative estimate of drug-likeness (QED) is 0.591. The van der Waals surface area contributed by atoms with Gasteiger partial charge in [-0.05, 0) is 31.7 Å². The zero-order valence-corrected chi connectivity index (χ0v) is 16.5. The maximum absolute atomic E-state index is 13.1. The van der Waals surface area contributed by atoms with Gasteiger partial charge in [0.1, 0.15) is 5.41 Å². The number of carbonyl (C=O) groups excluding carboxylic acids is 2. The van der Waals surface area contributed by atoms with Crippen molar-refractivity contribution in [1.29, 1.82) is 0 Å². The second-order valence-corrected chi connectivity index (χ2v) is 7.54. The number of benzene rings is 1. The molecule has 1 saturated heterocycles. The number of hydrogen-bond acceptors (Lipinski definition) is 4. The van der Waals surface area contributed by atoms with E-state index in [1.54, 1.807) is 6.92 Å². The van der Waals surface area contributed by atoms with Crippen LogP contribution in [0.4, 0.5) is 0 Å². The monoisotopic (exact) mass is 395 g/mol. The molecule has 0 bridgehead atoms. The van der Waals surface area contributed by atoms with Crippen molar-refractivity contribution in [2.24, 2.45) is 11.3 Å². The molecule has 1 amide bonds. The Labute approximate surface area is 170 Å². The van der Waals surface area contributed by atoms with Crippen LogP contribution in [0.15, 0.2) is 42.1 Å². The molecule has 6 heteroatoms. The number of hydrogen-bond donors (Lipinski definition) is 1. The van der Waals surface area contributed by atoms with E-state index in [4.69, 9.17) is 11.2 Å². The molecule has 1 heterocycles. The molecule has 1 aromatic rings. The fraction of sp³-hybridized carbons (Fsp3) is 0.435. The van der Waals surface area contributed by atoms with Gasteiger partial charge in [-0.25, -0.2) is 0 Å². The first-order chi connectivity index (χ1) is 13.9. The van der Waals surface area contributed by atoms with E-state index in [0.717, 1.165) is 5.56 Å². The van der Waals surface area contributed by atoms with E-state index in [1.165, 1.54) is 4.90 Å². The summed E-state index contributed by atoms with van der Waals surface area (Å²) >= 11 is 0. The summed E-state index contributed by atoms with van der Waals surface area (Å²) in [6.45, 7) is 1.93. The Morgan fingerprint density at radius 3 is 2.69 bits per heavy atom. The van der Waals surface area contributed by atoms with E-state index in [0.29, 0.717) is 18.5 Å². The number of fused-ring (bicyclic) bond motifs is 1. The highest BCUT2D eigenvalue weighted by atomic mass is 16.5. The van der Waals surface area contributed by atoms with E-state index in [2.05, 4.69) is 5.92 Å². The van der Waals surface area contributed by atoms with Crippen molar-refractivity contribution in [1.82, 2.24) is 4.90 Å². The van der Waals surface area contributed by atoms with Crippen LogP contribution in [-0.2, 0) is 19.1 Å². The van der Waals surface area contributed by atoms with Gasteiger partial charge in [0.2, 0.25) is 5.91 Å². The molecule has 0 aromatic heterocycles. The Balaban J connectivity index is 2.10. The fourth-order valence-corrected chi connectivity index (χ4v) is 4.51. The first-order valence-corrected chi connectivity index (χ1v) is 9.84. The van der Waals surface area contributed by atoms with Crippen LogP contribution >= 0.6 is 0 Å². The number of amides is 1. The van der Waals surface area contributed by atoms with E-state index < -0.39 is 23.3 Å². The average Bonchev–Trinajstić information content (AvgIpc) is 2.71. The summed E-state index contributed by atoms with van der Waals surface area (Å²) in [4.78, 5) is 38.9. The third-order valence-electron chi connectivity index (χ3n) is 5.80. The Kier molecular flexibility index (Phi) is 6.07. The van der Waals surface area contributed by atoms with Crippen LogP contribution in [0.2, 0.25) is 0 Å². The molecule has 152 valence electrons. The average molecular weight is 395 g/mol. The summed E-state index contributed by atoms with van der Waals surface area (Å²) < 4.78 is 5.38. The summed E-state index contributed by atoms with van der Waals surface area (Å²) in [5.74, 6) is -0.120. The van der Waals surface area contributed by atoms with Gasteiger partial charge in [-0.3, -0.25) is 14.4 Å². The molecule has 1 fully saturated rings. The number of piperidine rings is 1. The SMILES string of the molecule is C#CCN1C(=O)[C@@H](CC(=O)O)C[C@@]2(C(=O)OCC)CCC(c3ccccc3)C=C12. The third-order valence-corrected chi connectivity index (χ3v) is 5.80. The number of ether oxygens (including phenoxy) is 1. The zero-order valence-electron chi connectivity index (χ0n) is 16.5. The summed E-state index contributed by atoms with van der Waals surface area (Å²) in [5, 5.41) is 9.27. The molecule has 0 radical (unpaired) electrons. The summed E-state index contributed by atoms with van der Waals surface area (Å²) in [7, 11) is 0. The molecule has 3 atom stereocenters. The molecule has 1 aliphatic heterocycles. The fourth-order valence-electron chi connectivity index (χ4n) is 4.51. The van der Waals surface area contributed by atoms with Crippen molar-refractivity contribution >= 4 is 17.8 Å². The van der Waals surface area contributed by atoms with Crippen LogP contribution in [-0.4, -0.2) is 41.0 Å².